The van der Waals surface area contributed by atoms with Gasteiger partial charge >= 0.3 is 12.0 Å². The lowest BCUT2D eigenvalue weighted by Gasteiger charge is -2.23. The summed E-state index contributed by atoms with van der Waals surface area (Å²) in [5.41, 5.74) is 1.82. The number of benzene rings is 1. The quantitative estimate of drug-likeness (QED) is 0.867. The molecule has 2 amide bonds. The first-order valence-electron chi connectivity index (χ1n) is 6.84. The van der Waals surface area contributed by atoms with E-state index in [1.165, 1.54) is 4.90 Å². The molecule has 5 heteroatoms. The lowest BCUT2D eigenvalue weighted by Crippen LogP contribution is -2.42. The van der Waals surface area contributed by atoms with E-state index < -0.39 is 5.97 Å². The molecule has 1 aromatic rings. The van der Waals surface area contributed by atoms with Crippen molar-refractivity contribution in [2.45, 2.75) is 32.7 Å². The van der Waals surface area contributed by atoms with Crippen molar-refractivity contribution < 1.29 is 14.7 Å². The van der Waals surface area contributed by atoms with Crippen LogP contribution in [-0.4, -0.2) is 29.7 Å². The SMILES string of the molecule is Cc1ccc(N(CCC(=O)O)C(=O)NC2CC2C)cc1. The fraction of sp³-hybridized carbons (Fsp3) is 0.467. The van der Waals surface area contributed by atoms with Gasteiger partial charge in [0.1, 0.15) is 0 Å². The summed E-state index contributed by atoms with van der Waals surface area (Å²) in [7, 11) is 0. The third kappa shape index (κ3) is 3.73. The monoisotopic (exact) mass is 276 g/mol. The second-order valence-corrected chi connectivity index (χ2v) is 5.40. The van der Waals surface area contributed by atoms with Gasteiger partial charge in [0.25, 0.3) is 0 Å². The minimum atomic E-state index is -0.908. The Balaban J connectivity index is 2.08. The summed E-state index contributed by atoms with van der Waals surface area (Å²) >= 11 is 0. The zero-order valence-electron chi connectivity index (χ0n) is 11.8. The van der Waals surface area contributed by atoms with Gasteiger partial charge in [0.15, 0.2) is 0 Å². The molecular formula is C15H20N2O3. The van der Waals surface area contributed by atoms with Crippen molar-refractivity contribution in [2.75, 3.05) is 11.4 Å². The molecule has 0 radical (unpaired) electrons. The second-order valence-electron chi connectivity index (χ2n) is 5.40. The van der Waals surface area contributed by atoms with E-state index in [-0.39, 0.29) is 25.0 Å². The Morgan fingerprint density at radius 2 is 1.95 bits per heavy atom. The summed E-state index contributed by atoms with van der Waals surface area (Å²) < 4.78 is 0. The van der Waals surface area contributed by atoms with Crippen LogP contribution in [0, 0.1) is 12.8 Å². The van der Waals surface area contributed by atoms with Gasteiger partial charge in [-0.15, -0.1) is 0 Å². The van der Waals surface area contributed by atoms with Crippen LogP contribution >= 0.6 is 0 Å². The highest BCUT2D eigenvalue weighted by atomic mass is 16.4. The largest absolute Gasteiger partial charge is 0.481 e. The number of anilines is 1. The lowest BCUT2D eigenvalue weighted by atomic mass is 10.2. The Morgan fingerprint density at radius 1 is 1.35 bits per heavy atom. The first-order valence-corrected chi connectivity index (χ1v) is 6.84. The number of amides is 2. The predicted octanol–water partition coefficient (Wildman–Crippen LogP) is 2.39. The van der Waals surface area contributed by atoms with Gasteiger partial charge in [0.05, 0.1) is 6.42 Å². The molecular weight excluding hydrogens is 256 g/mol. The highest BCUT2D eigenvalue weighted by Gasteiger charge is 2.35. The molecule has 0 aromatic heterocycles. The van der Waals surface area contributed by atoms with Crippen molar-refractivity contribution in [3.05, 3.63) is 29.8 Å². The third-order valence-corrected chi connectivity index (χ3v) is 3.56. The first kappa shape index (κ1) is 14.4. The Morgan fingerprint density at radius 3 is 2.45 bits per heavy atom. The van der Waals surface area contributed by atoms with Crippen molar-refractivity contribution in [1.82, 2.24) is 5.32 Å². The summed E-state index contributed by atoms with van der Waals surface area (Å²) in [6.45, 7) is 4.22. The van der Waals surface area contributed by atoms with Gasteiger partial charge in [-0.25, -0.2) is 4.79 Å². The molecule has 2 atom stereocenters. The van der Waals surface area contributed by atoms with Gasteiger partial charge in [0, 0.05) is 18.3 Å². The summed E-state index contributed by atoms with van der Waals surface area (Å²) in [5.74, 6) is -0.395. The van der Waals surface area contributed by atoms with Crippen molar-refractivity contribution in [3.8, 4) is 0 Å². The summed E-state index contributed by atoms with van der Waals surface area (Å²) in [5, 5.41) is 11.7. The molecule has 108 valence electrons. The molecule has 0 aliphatic heterocycles. The number of nitrogens with zero attached hydrogens (tertiary/aromatic N) is 1. The molecule has 1 aliphatic rings. The van der Waals surface area contributed by atoms with Crippen LogP contribution in [0.3, 0.4) is 0 Å². The van der Waals surface area contributed by atoms with Crippen LogP contribution < -0.4 is 10.2 Å². The van der Waals surface area contributed by atoms with E-state index in [0.29, 0.717) is 5.92 Å². The fourth-order valence-electron chi connectivity index (χ4n) is 2.04. The maximum Gasteiger partial charge on any atom is 0.322 e. The van der Waals surface area contributed by atoms with Crippen LogP contribution in [-0.2, 0) is 4.79 Å². The van der Waals surface area contributed by atoms with E-state index in [2.05, 4.69) is 12.2 Å². The number of rotatable bonds is 5. The van der Waals surface area contributed by atoms with Crippen LogP contribution in [0.4, 0.5) is 10.5 Å². The van der Waals surface area contributed by atoms with Crippen molar-refractivity contribution >= 4 is 17.7 Å². The highest BCUT2D eigenvalue weighted by molar-refractivity contribution is 5.92. The molecule has 20 heavy (non-hydrogen) atoms. The summed E-state index contributed by atoms with van der Waals surface area (Å²) in [6.07, 6.45) is 0.925. The number of urea groups is 1. The van der Waals surface area contributed by atoms with Crippen molar-refractivity contribution in [3.63, 3.8) is 0 Å². The predicted molar refractivity (Wildman–Crippen MR) is 76.9 cm³/mol. The molecule has 0 saturated heterocycles. The average Bonchev–Trinajstić information content (AvgIpc) is 3.07. The molecule has 1 aliphatic carbocycles. The molecule has 0 bridgehead atoms. The Labute approximate surface area is 118 Å². The van der Waals surface area contributed by atoms with Gasteiger partial charge < -0.3 is 10.4 Å². The molecule has 2 N–H and O–H groups in total. The van der Waals surface area contributed by atoms with E-state index >= 15 is 0 Å². The Kier molecular flexibility index (Phi) is 4.27. The van der Waals surface area contributed by atoms with Gasteiger partial charge in [-0.05, 0) is 31.4 Å². The molecule has 2 unspecified atom stereocenters. The highest BCUT2D eigenvalue weighted by Crippen LogP contribution is 2.29. The number of hydrogen-bond acceptors (Lipinski definition) is 2. The zero-order chi connectivity index (χ0) is 14.7. The van der Waals surface area contributed by atoms with E-state index in [1.54, 1.807) is 0 Å². The van der Waals surface area contributed by atoms with Gasteiger partial charge in [-0.1, -0.05) is 24.6 Å². The maximum atomic E-state index is 12.3. The van der Waals surface area contributed by atoms with Crippen molar-refractivity contribution in [2.24, 2.45) is 5.92 Å². The van der Waals surface area contributed by atoms with E-state index in [1.807, 2.05) is 31.2 Å². The number of carbonyl (C=O) groups excluding carboxylic acids is 1. The van der Waals surface area contributed by atoms with E-state index in [0.717, 1.165) is 17.7 Å². The third-order valence-electron chi connectivity index (χ3n) is 3.56. The summed E-state index contributed by atoms with van der Waals surface area (Å²) in [6, 6.07) is 7.51. The van der Waals surface area contributed by atoms with Crippen molar-refractivity contribution in [1.29, 1.82) is 0 Å². The van der Waals surface area contributed by atoms with Gasteiger partial charge in [-0.3, -0.25) is 9.69 Å². The number of nitrogens with one attached hydrogen (secondary N) is 1. The molecule has 1 aromatic carbocycles. The molecule has 0 spiro atoms. The lowest BCUT2D eigenvalue weighted by molar-refractivity contribution is -0.136. The maximum absolute atomic E-state index is 12.3. The second kappa shape index (κ2) is 5.94. The molecule has 0 heterocycles. The number of carboxylic acids is 1. The number of aryl methyl sites for hydroxylation is 1. The molecule has 1 fully saturated rings. The Bertz CT molecular complexity index is 498. The number of aliphatic carboxylic acids is 1. The first-order chi connectivity index (χ1) is 9.47. The van der Waals surface area contributed by atoms with Crippen LogP contribution in [0.25, 0.3) is 0 Å². The molecule has 2 rings (SSSR count). The van der Waals surface area contributed by atoms with Gasteiger partial charge in [0.2, 0.25) is 0 Å². The number of hydrogen-bond donors (Lipinski definition) is 2. The normalized spacial score (nSPS) is 20.3. The minimum Gasteiger partial charge on any atom is -0.481 e. The van der Waals surface area contributed by atoms with E-state index in [9.17, 15) is 9.59 Å². The minimum absolute atomic E-state index is 0.0679. The smallest absolute Gasteiger partial charge is 0.322 e. The van der Waals surface area contributed by atoms with Crippen LogP contribution in [0.15, 0.2) is 24.3 Å². The number of carbonyl (C=O) groups is 2. The molecule has 5 nitrogen and oxygen atoms in total. The van der Waals surface area contributed by atoms with Crippen LogP contribution in [0.5, 0.6) is 0 Å². The zero-order valence-corrected chi connectivity index (χ0v) is 11.8. The average molecular weight is 276 g/mol. The number of carboxylic acid groups (broad SMARTS) is 1. The Hall–Kier alpha value is -2.04. The van der Waals surface area contributed by atoms with Crippen LogP contribution in [0.2, 0.25) is 0 Å². The van der Waals surface area contributed by atoms with Gasteiger partial charge in [-0.2, -0.15) is 0 Å². The topological polar surface area (TPSA) is 69.6 Å². The van der Waals surface area contributed by atoms with Crippen LogP contribution in [0.1, 0.15) is 25.3 Å². The molecule has 1 saturated carbocycles. The fourth-order valence-corrected chi connectivity index (χ4v) is 2.04. The van der Waals surface area contributed by atoms with E-state index in [4.69, 9.17) is 5.11 Å². The standard InChI is InChI=1S/C15H20N2O3/c1-10-3-5-12(6-4-10)17(8-7-14(18)19)15(20)16-13-9-11(13)2/h3-6,11,13H,7-9H2,1-2H3,(H,16,20)(H,18,19). The summed E-state index contributed by atoms with van der Waals surface area (Å²) in [4.78, 5) is 24.5.